The molecule has 1 aromatic carbocycles. The molecule has 0 spiro atoms. The van der Waals surface area contributed by atoms with Gasteiger partial charge >= 0.3 is 0 Å². The second-order valence-electron chi connectivity index (χ2n) is 3.83. The normalized spacial score (nSPS) is 13.2. The van der Waals surface area contributed by atoms with E-state index in [1.807, 2.05) is 45.9 Å². The van der Waals surface area contributed by atoms with Crippen LogP contribution in [0.3, 0.4) is 0 Å². The molecule has 0 saturated heterocycles. The Morgan fingerprint density at radius 2 is 1.71 bits per heavy atom. The third-order valence-electron chi connectivity index (χ3n) is 2.71. The minimum Gasteiger partial charge on any atom is -0.382 e. The lowest BCUT2D eigenvalue weighted by Gasteiger charge is -2.24. The summed E-state index contributed by atoms with van der Waals surface area (Å²) in [7, 11) is 0. The van der Waals surface area contributed by atoms with Gasteiger partial charge in [-0.3, -0.25) is 4.79 Å². The fourth-order valence-corrected chi connectivity index (χ4v) is 1.72. The Morgan fingerprint density at radius 3 is 2.12 bits per heavy atom. The maximum Gasteiger partial charge on any atom is 0.194 e. The number of aliphatic hydroxyl groups is 1. The van der Waals surface area contributed by atoms with Crippen LogP contribution in [0.4, 0.5) is 0 Å². The van der Waals surface area contributed by atoms with Crippen molar-refractivity contribution in [3.05, 3.63) is 35.9 Å². The van der Waals surface area contributed by atoms with Crippen LogP contribution in [0.1, 0.15) is 57.3 Å². The lowest BCUT2D eigenvalue weighted by molar-refractivity contribution is 0.0248. The summed E-state index contributed by atoms with van der Waals surface area (Å²) in [5.74, 6) is -0.160. The van der Waals surface area contributed by atoms with Gasteiger partial charge in [-0.2, -0.15) is 0 Å². The van der Waals surface area contributed by atoms with E-state index in [0.29, 0.717) is 18.4 Å². The van der Waals surface area contributed by atoms with Gasteiger partial charge in [0.15, 0.2) is 5.78 Å². The van der Waals surface area contributed by atoms with Crippen molar-refractivity contribution in [2.75, 3.05) is 0 Å². The van der Waals surface area contributed by atoms with Gasteiger partial charge in [0, 0.05) is 5.56 Å². The second-order valence-corrected chi connectivity index (χ2v) is 3.83. The summed E-state index contributed by atoms with van der Waals surface area (Å²) in [5, 5.41) is 10.2. The van der Waals surface area contributed by atoms with Crippen LogP contribution in [0.5, 0.6) is 0 Å². The first-order valence-corrected chi connectivity index (χ1v) is 6.46. The largest absolute Gasteiger partial charge is 0.382 e. The molecule has 1 rings (SSSR count). The maximum atomic E-state index is 12.0. The van der Waals surface area contributed by atoms with Gasteiger partial charge in [0.05, 0.1) is 0 Å². The lowest BCUT2D eigenvalue weighted by Crippen LogP contribution is -2.37. The van der Waals surface area contributed by atoms with E-state index in [4.69, 9.17) is 0 Å². The van der Waals surface area contributed by atoms with Gasteiger partial charge in [-0.15, -0.1) is 0 Å². The first-order valence-electron chi connectivity index (χ1n) is 6.46. The first kappa shape index (κ1) is 15.9. The third-order valence-corrected chi connectivity index (χ3v) is 2.71. The molecule has 1 atom stereocenters. The smallest absolute Gasteiger partial charge is 0.194 e. The number of carbonyl (C=O) groups is 1. The predicted molar refractivity (Wildman–Crippen MR) is 72.3 cm³/mol. The number of rotatable bonds is 5. The van der Waals surface area contributed by atoms with Crippen molar-refractivity contribution < 1.29 is 9.90 Å². The Kier molecular flexibility index (Phi) is 7.47. The van der Waals surface area contributed by atoms with Crippen molar-refractivity contribution >= 4 is 5.78 Å². The lowest BCUT2D eigenvalue weighted by atomic mass is 9.86. The van der Waals surface area contributed by atoms with Crippen LogP contribution in [0.25, 0.3) is 0 Å². The van der Waals surface area contributed by atoms with Gasteiger partial charge in [-0.05, 0) is 12.8 Å². The van der Waals surface area contributed by atoms with Crippen LogP contribution in [-0.4, -0.2) is 16.5 Å². The van der Waals surface area contributed by atoms with Gasteiger partial charge < -0.3 is 5.11 Å². The van der Waals surface area contributed by atoms with Crippen molar-refractivity contribution in [1.82, 2.24) is 0 Å². The topological polar surface area (TPSA) is 37.3 Å². The molecule has 0 radical (unpaired) electrons. The summed E-state index contributed by atoms with van der Waals surface area (Å²) in [5.41, 5.74) is -0.592. The molecule has 0 aliphatic rings. The summed E-state index contributed by atoms with van der Waals surface area (Å²) in [6, 6.07) is 8.99. The van der Waals surface area contributed by atoms with E-state index in [9.17, 15) is 9.90 Å². The van der Waals surface area contributed by atoms with E-state index in [0.717, 1.165) is 6.42 Å². The summed E-state index contributed by atoms with van der Waals surface area (Å²) >= 11 is 0. The minimum atomic E-state index is -1.18. The molecule has 1 unspecified atom stereocenters. The fraction of sp³-hybridized carbons (Fsp3) is 0.533. The molecule has 0 aliphatic carbocycles. The Hall–Kier alpha value is -1.15. The molecule has 2 heteroatoms. The average Bonchev–Trinajstić information content (AvgIpc) is 2.41. The summed E-state index contributed by atoms with van der Waals surface area (Å²) < 4.78 is 0. The molecule has 1 aromatic rings. The Bertz CT molecular complexity index is 319. The van der Waals surface area contributed by atoms with Crippen LogP contribution in [-0.2, 0) is 0 Å². The van der Waals surface area contributed by atoms with Gasteiger partial charge in [0.2, 0.25) is 0 Å². The Balaban J connectivity index is 0.00000121. The standard InChI is InChI=1S/C13H18O2.C2H6/c1-3-10-13(15,4-2)12(14)11-8-6-5-7-9-11;1-2/h5-9,15H,3-4,10H2,1-2H3;1-2H3. The molecular weight excluding hydrogens is 212 g/mol. The minimum absolute atomic E-state index is 0.160. The van der Waals surface area contributed by atoms with Crippen molar-refractivity contribution in [1.29, 1.82) is 0 Å². The molecule has 0 aromatic heterocycles. The number of Topliss-reactive ketones (excluding diaryl/α,β-unsaturated/α-hetero) is 1. The number of ketones is 1. The van der Waals surface area contributed by atoms with Gasteiger partial charge in [-0.25, -0.2) is 0 Å². The summed E-state index contributed by atoms with van der Waals surface area (Å²) in [6.07, 6.45) is 1.80. The third kappa shape index (κ3) is 4.31. The highest BCUT2D eigenvalue weighted by molar-refractivity contribution is 6.02. The van der Waals surface area contributed by atoms with Gasteiger partial charge in [0.25, 0.3) is 0 Å². The predicted octanol–water partition coefficient (Wildman–Crippen LogP) is 3.84. The van der Waals surface area contributed by atoms with E-state index in [-0.39, 0.29) is 5.78 Å². The Labute approximate surface area is 105 Å². The number of hydrogen-bond acceptors (Lipinski definition) is 2. The molecule has 0 saturated carbocycles. The van der Waals surface area contributed by atoms with E-state index in [2.05, 4.69) is 0 Å². The van der Waals surface area contributed by atoms with Crippen molar-refractivity contribution in [3.8, 4) is 0 Å². The zero-order chi connectivity index (χ0) is 13.3. The molecule has 2 nitrogen and oxygen atoms in total. The van der Waals surface area contributed by atoms with Crippen LogP contribution in [0.15, 0.2) is 30.3 Å². The zero-order valence-electron chi connectivity index (χ0n) is 11.4. The SMILES string of the molecule is CC.CCCC(O)(CC)C(=O)c1ccccc1. The summed E-state index contributed by atoms with van der Waals surface area (Å²) in [4.78, 5) is 12.0. The summed E-state index contributed by atoms with van der Waals surface area (Å²) in [6.45, 7) is 7.81. The molecule has 0 heterocycles. The highest BCUT2D eigenvalue weighted by Gasteiger charge is 2.33. The van der Waals surface area contributed by atoms with Crippen LogP contribution < -0.4 is 0 Å². The fourth-order valence-electron chi connectivity index (χ4n) is 1.72. The highest BCUT2D eigenvalue weighted by Crippen LogP contribution is 2.22. The zero-order valence-corrected chi connectivity index (χ0v) is 11.4. The number of carbonyl (C=O) groups excluding carboxylic acids is 1. The van der Waals surface area contributed by atoms with Crippen LogP contribution >= 0.6 is 0 Å². The molecule has 0 bridgehead atoms. The second kappa shape index (κ2) is 8.02. The monoisotopic (exact) mass is 236 g/mol. The van der Waals surface area contributed by atoms with Crippen molar-refractivity contribution in [2.45, 2.75) is 52.6 Å². The average molecular weight is 236 g/mol. The van der Waals surface area contributed by atoms with E-state index >= 15 is 0 Å². The van der Waals surface area contributed by atoms with Crippen molar-refractivity contribution in [3.63, 3.8) is 0 Å². The quantitative estimate of drug-likeness (QED) is 0.789. The van der Waals surface area contributed by atoms with Crippen LogP contribution in [0.2, 0.25) is 0 Å². The number of benzene rings is 1. The molecular formula is C15H24O2. The van der Waals surface area contributed by atoms with Crippen LogP contribution in [0, 0.1) is 0 Å². The molecule has 1 N–H and O–H groups in total. The van der Waals surface area contributed by atoms with Gasteiger partial charge in [0.1, 0.15) is 5.60 Å². The highest BCUT2D eigenvalue weighted by atomic mass is 16.3. The Morgan fingerprint density at radius 1 is 1.18 bits per heavy atom. The van der Waals surface area contributed by atoms with Gasteiger partial charge in [-0.1, -0.05) is 64.4 Å². The molecule has 0 aliphatic heterocycles. The number of hydrogen-bond donors (Lipinski definition) is 1. The first-order chi connectivity index (χ1) is 8.14. The molecule has 96 valence electrons. The molecule has 0 fully saturated rings. The van der Waals surface area contributed by atoms with E-state index in [1.165, 1.54) is 0 Å². The maximum absolute atomic E-state index is 12.0. The molecule has 17 heavy (non-hydrogen) atoms. The molecule has 0 amide bonds. The van der Waals surface area contributed by atoms with Crippen molar-refractivity contribution in [2.24, 2.45) is 0 Å². The van der Waals surface area contributed by atoms with E-state index in [1.54, 1.807) is 12.1 Å². The van der Waals surface area contributed by atoms with E-state index < -0.39 is 5.60 Å².